The fraction of sp³-hybridized carbons (Fsp3) is 0.0870. The molecule has 0 saturated carbocycles. The van der Waals surface area contributed by atoms with Gasteiger partial charge in [0.2, 0.25) is 0 Å². The summed E-state index contributed by atoms with van der Waals surface area (Å²) in [6, 6.07) is 20.9. The summed E-state index contributed by atoms with van der Waals surface area (Å²) in [7, 11) is 1.58. The van der Waals surface area contributed by atoms with Crippen LogP contribution in [0.15, 0.2) is 77.6 Å². The third-order valence-corrected chi connectivity index (χ3v) is 5.07. The second-order valence-electron chi connectivity index (χ2n) is 6.91. The molecule has 1 N–H and O–H groups in total. The average Bonchev–Trinajstić information content (AvgIpc) is 2.78. The van der Waals surface area contributed by atoms with Gasteiger partial charge in [-0.05, 0) is 54.1 Å². The van der Waals surface area contributed by atoms with E-state index in [1.165, 1.54) is 12.1 Å². The highest BCUT2D eigenvalue weighted by Crippen LogP contribution is 2.36. The summed E-state index contributed by atoms with van der Waals surface area (Å²) < 4.78 is 20.8. The minimum absolute atomic E-state index is 0.212. The monoisotopic (exact) mass is 400 g/mol. The van der Waals surface area contributed by atoms with Crippen LogP contribution in [0.2, 0.25) is 0 Å². The first kappa shape index (κ1) is 18.1. The number of rotatable bonds is 3. The summed E-state index contributed by atoms with van der Waals surface area (Å²) in [6.45, 7) is 0. The Hall–Kier alpha value is -4.00. The molecule has 2 heterocycles. The Morgan fingerprint density at radius 2 is 1.83 bits per heavy atom. The molecule has 0 bridgehead atoms. The quantitative estimate of drug-likeness (QED) is 0.561. The predicted octanol–water partition coefficient (Wildman–Crippen LogP) is 4.09. The van der Waals surface area contributed by atoms with Crippen molar-refractivity contribution in [1.29, 1.82) is 0 Å². The van der Waals surface area contributed by atoms with Crippen LogP contribution in [0.5, 0.6) is 5.75 Å². The van der Waals surface area contributed by atoms with Crippen molar-refractivity contribution in [3.8, 4) is 28.4 Å². The third kappa shape index (κ3) is 3.00. The van der Waals surface area contributed by atoms with Crippen molar-refractivity contribution in [2.24, 2.45) is 0 Å². The first-order chi connectivity index (χ1) is 14.6. The van der Waals surface area contributed by atoms with Gasteiger partial charge in [-0.1, -0.05) is 24.3 Å². The molecule has 30 heavy (non-hydrogen) atoms. The van der Waals surface area contributed by atoms with Crippen molar-refractivity contribution in [3.63, 3.8) is 0 Å². The minimum atomic E-state index is -0.518. The molecule has 5 rings (SSSR count). The van der Waals surface area contributed by atoms with Gasteiger partial charge in [0.15, 0.2) is 11.5 Å². The molecule has 148 valence electrons. The molecule has 7 heteroatoms. The standard InChI is InChI=1S/C23H17FN4O2/c1-30-17-11-9-14(10-12-17)20-23(29)26-22-18-7-2-3-8-19(18)25-21(28(22)27-20)15-5-4-6-16(24)13-15/h2-13,21,25H,1H3. The molecule has 0 spiro atoms. The Bertz CT molecular complexity index is 1300. The van der Waals surface area contributed by atoms with E-state index >= 15 is 0 Å². The van der Waals surface area contributed by atoms with E-state index in [9.17, 15) is 9.18 Å². The second-order valence-corrected chi connectivity index (χ2v) is 6.91. The summed E-state index contributed by atoms with van der Waals surface area (Å²) in [6.07, 6.45) is -0.518. The van der Waals surface area contributed by atoms with Gasteiger partial charge in [0.05, 0.1) is 7.11 Å². The Kier molecular flexibility index (Phi) is 4.28. The van der Waals surface area contributed by atoms with Crippen molar-refractivity contribution in [2.75, 3.05) is 12.4 Å². The predicted molar refractivity (Wildman–Crippen MR) is 112 cm³/mol. The van der Waals surface area contributed by atoms with Crippen molar-refractivity contribution in [2.45, 2.75) is 6.17 Å². The molecule has 0 fully saturated rings. The highest BCUT2D eigenvalue weighted by molar-refractivity contribution is 5.76. The fourth-order valence-corrected chi connectivity index (χ4v) is 3.61. The molecular formula is C23H17FN4O2. The van der Waals surface area contributed by atoms with Gasteiger partial charge < -0.3 is 10.1 Å². The van der Waals surface area contributed by atoms with Crippen LogP contribution in [0.4, 0.5) is 10.1 Å². The number of halogens is 1. The molecule has 0 radical (unpaired) electrons. The molecule has 0 saturated heterocycles. The lowest BCUT2D eigenvalue weighted by molar-refractivity contribution is 0.415. The van der Waals surface area contributed by atoms with Crippen LogP contribution in [0.3, 0.4) is 0 Å². The summed E-state index contributed by atoms with van der Waals surface area (Å²) in [4.78, 5) is 17.2. The zero-order chi connectivity index (χ0) is 20.7. The number of anilines is 1. The first-order valence-corrected chi connectivity index (χ1v) is 9.41. The molecule has 1 aromatic heterocycles. The first-order valence-electron chi connectivity index (χ1n) is 9.41. The van der Waals surface area contributed by atoms with E-state index in [0.717, 1.165) is 11.3 Å². The van der Waals surface area contributed by atoms with E-state index in [2.05, 4.69) is 15.4 Å². The van der Waals surface area contributed by atoms with Crippen LogP contribution in [0.1, 0.15) is 11.7 Å². The van der Waals surface area contributed by atoms with Gasteiger partial charge in [0, 0.05) is 16.8 Å². The summed E-state index contributed by atoms with van der Waals surface area (Å²) in [5.41, 5.74) is 2.64. The van der Waals surface area contributed by atoms with E-state index in [-0.39, 0.29) is 11.5 Å². The maximum atomic E-state index is 13.9. The zero-order valence-corrected chi connectivity index (χ0v) is 16.0. The number of para-hydroxylation sites is 1. The van der Waals surface area contributed by atoms with Gasteiger partial charge in [-0.25, -0.2) is 9.07 Å². The molecule has 0 aliphatic carbocycles. The van der Waals surface area contributed by atoms with Crippen molar-refractivity contribution in [3.05, 3.63) is 94.5 Å². The van der Waals surface area contributed by atoms with Crippen LogP contribution >= 0.6 is 0 Å². The van der Waals surface area contributed by atoms with Crippen LogP contribution in [0, 0.1) is 5.82 Å². The van der Waals surface area contributed by atoms with Crippen molar-refractivity contribution < 1.29 is 9.13 Å². The number of ether oxygens (including phenoxy) is 1. The number of hydrogen-bond donors (Lipinski definition) is 1. The number of hydrogen-bond acceptors (Lipinski definition) is 5. The van der Waals surface area contributed by atoms with Crippen LogP contribution in [0.25, 0.3) is 22.6 Å². The average molecular weight is 400 g/mol. The third-order valence-electron chi connectivity index (χ3n) is 5.07. The maximum absolute atomic E-state index is 13.9. The number of benzene rings is 3. The van der Waals surface area contributed by atoms with E-state index in [0.29, 0.717) is 22.7 Å². The lowest BCUT2D eigenvalue weighted by Gasteiger charge is -2.30. The van der Waals surface area contributed by atoms with Gasteiger partial charge in [-0.15, -0.1) is 0 Å². The number of nitrogens with one attached hydrogen (secondary N) is 1. The topological polar surface area (TPSA) is 69.0 Å². The lowest BCUT2D eigenvalue weighted by Crippen LogP contribution is -2.32. The Morgan fingerprint density at radius 1 is 1.03 bits per heavy atom. The zero-order valence-electron chi connectivity index (χ0n) is 16.0. The maximum Gasteiger partial charge on any atom is 0.300 e. The van der Waals surface area contributed by atoms with Gasteiger partial charge in [-0.2, -0.15) is 10.1 Å². The molecular weight excluding hydrogens is 383 g/mol. The smallest absolute Gasteiger partial charge is 0.300 e. The normalized spacial score (nSPS) is 14.4. The number of fused-ring (bicyclic) bond motifs is 3. The molecule has 1 aliphatic heterocycles. The fourth-order valence-electron chi connectivity index (χ4n) is 3.61. The van der Waals surface area contributed by atoms with Crippen molar-refractivity contribution in [1.82, 2.24) is 14.8 Å². The largest absolute Gasteiger partial charge is 0.497 e. The minimum Gasteiger partial charge on any atom is -0.497 e. The van der Waals surface area contributed by atoms with E-state index in [4.69, 9.17) is 4.74 Å². The molecule has 1 unspecified atom stereocenters. The molecule has 3 aromatic carbocycles. The summed E-state index contributed by atoms with van der Waals surface area (Å²) in [5, 5.41) is 8.03. The Balaban J connectivity index is 1.73. The second kappa shape index (κ2) is 7.11. The molecule has 1 atom stereocenters. The Labute approximate surface area is 171 Å². The highest BCUT2D eigenvalue weighted by atomic mass is 19.1. The molecule has 0 amide bonds. The number of aromatic nitrogens is 3. The van der Waals surface area contributed by atoms with E-state index in [1.807, 2.05) is 30.3 Å². The van der Waals surface area contributed by atoms with Crippen LogP contribution in [-0.2, 0) is 0 Å². The van der Waals surface area contributed by atoms with Gasteiger partial charge >= 0.3 is 0 Å². The van der Waals surface area contributed by atoms with Crippen molar-refractivity contribution >= 4 is 5.69 Å². The molecule has 6 nitrogen and oxygen atoms in total. The SMILES string of the molecule is COc1ccc(-c2nn3c(nc2=O)-c2ccccc2NC3c2cccc(F)c2)cc1. The van der Waals surface area contributed by atoms with Gasteiger partial charge in [-0.3, -0.25) is 4.79 Å². The summed E-state index contributed by atoms with van der Waals surface area (Å²) in [5.74, 6) is 0.762. The summed E-state index contributed by atoms with van der Waals surface area (Å²) >= 11 is 0. The number of nitrogens with zero attached hydrogens (tertiary/aromatic N) is 3. The van der Waals surface area contributed by atoms with Crippen LogP contribution < -0.4 is 15.6 Å². The molecule has 1 aliphatic rings. The molecule has 4 aromatic rings. The number of methoxy groups -OCH3 is 1. The van der Waals surface area contributed by atoms with Gasteiger partial charge in [0.25, 0.3) is 5.56 Å². The van der Waals surface area contributed by atoms with Gasteiger partial charge in [0.1, 0.15) is 17.7 Å². The lowest BCUT2D eigenvalue weighted by atomic mass is 10.1. The Morgan fingerprint density at radius 3 is 2.60 bits per heavy atom. The highest BCUT2D eigenvalue weighted by Gasteiger charge is 2.28. The van der Waals surface area contributed by atoms with E-state index < -0.39 is 11.7 Å². The van der Waals surface area contributed by atoms with E-state index in [1.54, 1.807) is 42.1 Å². The van der Waals surface area contributed by atoms with Crippen LogP contribution in [-0.4, -0.2) is 21.9 Å².